The SMILES string of the molecule is CCCN(CCCS(C)(=O)=O)C1CCNCC1. The highest BCUT2D eigenvalue weighted by Crippen LogP contribution is 2.13. The summed E-state index contributed by atoms with van der Waals surface area (Å²) in [5.41, 5.74) is 0. The molecule has 0 radical (unpaired) electrons. The highest BCUT2D eigenvalue weighted by atomic mass is 32.2. The molecule has 0 aromatic heterocycles. The van der Waals surface area contributed by atoms with E-state index in [0.717, 1.165) is 39.0 Å². The first-order valence-corrected chi connectivity index (χ1v) is 8.71. The van der Waals surface area contributed by atoms with Crippen molar-refractivity contribution in [1.82, 2.24) is 10.2 Å². The predicted octanol–water partition coefficient (Wildman–Crippen LogP) is 0.885. The zero-order valence-electron chi connectivity index (χ0n) is 11.1. The number of hydrogen-bond acceptors (Lipinski definition) is 4. The van der Waals surface area contributed by atoms with Crippen molar-refractivity contribution in [1.29, 1.82) is 0 Å². The van der Waals surface area contributed by atoms with E-state index >= 15 is 0 Å². The zero-order chi connectivity index (χ0) is 12.7. The van der Waals surface area contributed by atoms with Gasteiger partial charge in [0.25, 0.3) is 0 Å². The number of piperidine rings is 1. The lowest BCUT2D eigenvalue weighted by molar-refractivity contribution is 0.162. The van der Waals surface area contributed by atoms with Gasteiger partial charge in [-0.3, -0.25) is 0 Å². The number of nitrogens with one attached hydrogen (secondary N) is 1. The first kappa shape index (κ1) is 14.9. The van der Waals surface area contributed by atoms with Gasteiger partial charge in [-0.25, -0.2) is 8.42 Å². The van der Waals surface area contributed by atoms with Gasteiger partial charge in [-0.05, 0) is 51.9 Å². The second-order valence-electron chi connectivity index (χ2n) is 5.00. The molecule has 1 heterocycles. The maximum atomic E-state index is 11.1. The standard InChI is InChI=1S/C12H26N2O2S/c1-3-9-14(10-4-11-17(2,15)16)12-5-7-13-8-6-12/h12-13H,3-11H2,1-2H3. The van der Waals surface area contributed by atoms with Gasteiger partial charge < -0.3 is 10.2 Å². The lowest BCUT2D eigenvalue weighted by atomic mass is 10.0. The van der Waals surface area contributed by atoms with Crippen LogP contribution in [0.5, 0.6) is 0 Å². The molecular formula is C12H26N2O2S. The molecule has 1 fully saturated rings. The van der Waals surface area contributed by atoms with Crippen LogP contribution in [0, 0.1) is 0 Å². The molecule has 0 atom stereocenters. The summed E-state index contributed by atoms with van der Waals surface area (Å²) in [6, 6.07) is 0.649. The second-order valence-corrected chi connectivity index (χ2v) is 7.26. The normalized spacial score (nSPS) is 18.8. The maximum absolute atomic E-state index is 11.1. The van der Waals surface area contributed by atoms with Crippen LogP contribution in [-0.2, 0) is 9.84 Å². The first-order chi connectivity index (χ1) is 8.03. The molecule has 17 heavy (non-hydrogen) atoms. The summed E-state index contributed by atoms with van der Waals surface area (Å²) in [5, 5.41) is 3.37. The average Bonchev–Trinajstić information content (AvgIpc) is 2.27. The van der Waals surface area contributed by atoms with E-state index in [1.165, 1.54) is 19.1 Å². The molecule has 0 aromatic carbocycles. The molecule has 0 aromatic rings. The van der Waals surface area contributed by atoms with Crippen LogP contribution in [0.3, 0.4) is 0 Å². The van der Waals surface area contributed by atoms with E-state index in [9.17, 15) is 8.42 Å². The minimum Gasteiger partial charge on any atom is -0.317 e. The molecule has 102 valence electrons. The third kappa shape index (κ3) is 6.38. The Morgan fingerprint density at radius 1 is 1.24 bits per heavy atom. The van der Waals surface area contributed by atoms with Gasteiger partial charge in [0.2, 0.25) is 0 Å². The minimum atomic E-state index is -2.80. The Kier molecular flexibility index (Phi) is 6.44. The van der Waals surface area contributed by atoms with Gasteiger partial charge in [0.15, 0.2) is 0 Å². The maximum Gasteiger partial charge on any atom is 0.147 e. The first-order valence-electron chi connectivity index (χ1n) is 6.65. The smallest absolute Gasteiger partial charge is 0.147 e. The molecule has 5 heteroatoms. The quantitative estimate of drug-likeness (QED) is 0.740. The third-order valence-corrected chi connectivity index (χ3v) is 4.33. The highest BCUT2D eigenvalue weighted by Gasteiger charge is 2.20. The average molecular weight is 262 g/mol. The molecule has 1 rings (SSSR count). The Morgan fingerprint density at radius 2 is 1.88 bits per heavy atom. The zero-order valence-corrected chi connectivity index (χ0v) is 11.9. The fraction of sp³-hybridized carbons (Fsp3) is 1.00. The Hall–Kier alpha value is -0.130. The lowest BCUT2D eigenvalue weighted by Crippen LogP contribution is -2.44. The van der Waals surface area contributed by atoms with Crippen molar-refractivity contribution in [2.45, 2.75) is 38.6 Å². The summed E-state index contributed by atoms with van der Waals surface area (Å²) in [5.74, 6) is 0.318. The van der Waals surface area contributed by atoms with Crippen molar-refractivity contribution in [2.24, 2.45) is 0 Å². The van der Waals surface area contributed by atoms with Gasteiger partial charge in [0, 0.05) is 12.3 Å². The van der Waals surface area contributed by atoms with Crippen molar-refractivity contribution in [3.63, 3.8) is 0 Å². The van der Waals surface area contributed by atoms with E-state index < -0.39 is 9.84 Å². The van der Waals surface area contributed by atoms with Gasteiger partial charge in [-0.2, -0.15) is 0 Å². The van der Waals surface area contributed by atoms with Gasteiger partial charge in [0.1, 0.15) is 9.84 Å². The summed E-state index contributed by atoms with van der Waals surface area (Å²) in [7, 11) is -2.80. The number of hydrogen-bond donors (Lipinski definition) is 1. The largest absolute Gasteiger partial charge is 0.317 e. The second kappa shape index (κ2) is 7.34. The molecule has 4 nitrogen and oxygen atoms in total. The topological polar surface area (TPSA) is 49.4 Å². The Morgan fingerprint density at radius 3 is 2.41 bits per heavy atom. The van der Waals surface area contributed by atoms with E-state index in [-0.39, 0.29) is 0 Å². The van der Waals surface area contributed by atoms with Crippen LogP contribution >= 0.6 is 0 Å². The molecule has 0 saturated carbocycles. The van der Waals surface area contributed by atoms with Crippen LogP contribution in [0.2, 0.25) is 0 Å². The molecule has 0 amide bonds. The van der Waals surface area contributed by atoms with Crippen LogP contribution in [0.4, 0.5) is 0 Å². The van der Waals surface area contributed by atoms with Crippen LogP contribution in [0.1, 0.15) is 32.6 Å². The van der Waals surface area contributed by atoms with E-state index in [1.807, 2.05) is 0 Å². The number of nitrogens with zero attached hydrogens (tertiary/aromatic N) is 1. The van der Waals surface area contributed by atoms with Crippen LogP contribution in [0.15, 0.2) is 0 Å². The van der Waals surface area contributed by atoms with Gasteiger partial charge in [0.05, 0.1) is 5.75 Å². The summed E-state index contributed by atoms with van der Waals surface area (Å²) in [6.07, 6.45) is 5.62. The number of rotatable bonds is 7. The fourth-order valence-electron chi connectivity index (χ4n) is 2.47. The molecule has 1 aliphatic heterocycles. The van der Waals surface area contributed by atoms with Gasteiger partial charge in [-0.1, -0.05) is 6.92 Å². The summed E-state index contributed by atoms with van der Waals surface area (Å²) in [4.78, 5) is 2.48. The van der Waals surface area contributed by atoms with Crippen LogP contribution < -0.4 is 5.32 Å². The molecule has 1 N–H and O–H groups in total. The van der Waals surface area contributed by atoms with Crippen molar-refractivity contribution in [2.75, 3.05) is 38.2 Å². The Bertz CT molecular complexity index is 298. The van der Waals surface area contributed by atoms with Crippen molar-refractivity contribution < 1.29 is 8.42 Å². The highest BCUT2D eigenvalue weighted by molar-refractivity contribution is 7.90. The third-order valence-electron chi connectivity index (χ3n) is 3.30. The molecule has 1 saturated heterocycles. The fourth-order valence-corrected chi connectivity index (χ4v) is 3.12. The Balaban J connectivity index is 2.36. The summed E-state index contributed by atoms with van der Waals surface area (Å²) >= 11 is 0. The number of sulfone groups is 1. The van der Waals surface area contributed by atoms with Crippen LogP contribution in [0.25, 0.3) is 0 Å². The van der Waals surface area contributed by atoms with Crippen molar-refractivity contribution in [3.05, 3.63) is 0 Å². The Labute approximate surface area is 106 Å². The van der Waals surface area contributed by atoms with Crippen molar-refractivity contribution in [3.8, 4) is 0 Å². The molecule has 0 bridgehead atoms. The summed E-state index contributed by atoms with van der Waals surface area (Å²) in [6.45, 7) is 6.39. The summed E-state index contributed by atoms with van der Waals surface area (Å²) < 4.78 is 22.2. The lowest BCUT2D eigenvalue weighted by Gasteiger charge is -2.34. The van der Waals surface area contributed by atoms with E-state index in [1.54, 1.807) is 0 Å². The van der Waals surface area contributed by atoms with Gasteiger partial charge >= 0.3 is 0 Å². The molecule has 0 aliphatic carbocycles. The van der Waals surface area contributed by atoms with E-state index in [4.69, 9.17) is 0 Å². The van der Waals surface area contributed by atoms with E-state index in [2.05, 4.69) is 17.1 Å². The minimum absolute atomic E-state index is 0.318. The monoisotopic (exact) mass is 262 g/mol. The van der Waals surface area contributed by atoms with E-state index in [0.29, 0.717) is 11.8 Å². The van der Waals surface area contributed by atoms with Crippen molar-refractivity contribution >= 4 is 9.84 Å². The van der Waals surface area contributed by atoms with Crippen LogP contribution in [-0.4, -0.2) is 57.5 Å². The molecule has 1 aliphatic rings. The molecule has 0 spiro atoms. The molecular weight excluding hydrogens is 236 g/mol. The predicted molar refractivity (Wildman–Crippen MR) is 72.1 cm³/mol. The van der Waals surface area contributed by atoms with Gasteiger partial charge in [-0.15, -0.1) is 0 Å². The molecule has 0 unspecified atom stereocenters.